The first-order chi connectivity index (χ1) is 14.5. The summed E-state index contributed by atoms with van der Waals surface area (Å²) in [5.41, 5.74) is 0.255. The summed E-state index contributed by atoms with van der Waals surface area (Å²) in [5, 5.41) is 0. The van der Waals surface area contributed by atoms with Crippen LogP contribution in [0.15, 0.2) is 11.6 Å². The number of esters is 2. The number of rotatable bonds is 3. The normalized spacial score (nSPS) is 43.8. The molecule has 0 bridgehead atoms. The second-order valence-corrected chi connectivity index (χ2v) is 10.7. The molecule has 0 aliphatic heterocycles. The zero-order valence-electron chi connectivity index (χ0n) is 19.2. The molecular weight excluding hydrogens is 396 g/mol. The van der Waals surface area contributed by atoms with Gasteiger partial charge in [0.05, 0.1) is 0 Å². The van der Waals surface area contributed by atoms with Gasteiger partial charge in [0.2, 0.25) is 0 Å². The van der Waals surface area contributed by atoms with Crippen LogP contribution in [-0.2, 0) is 28.7 Å². The van der Waals surface area contributed by atoms with Crippen molar-refractivity contribution in [2.24, 2.45) is 34.5 Å². The lowest BCUT2D eigenvalue weighted by molar-refractivity contribution is -0.184. The summed E-state index contributed by atoms with van der Waals surface area (Å²) in [6, 6.07) is 0. The fraction of sp³-hybridized carbons (Fsp3) is 0.760. The minimum Gasteiger partial charge on any atom is -0.462 e. The average Bonchev–Trinajstić information content (AvgIpc) is 2.99. The monoisotopic (exact) mass is 430 g/mol. The lowest BCUT2D eigenvalue weighted by Crippen LogP contribution is -2.60. The number of fused-ring (bicyclic) bond motifs is 5. The lowest BCUT2D eigenvalue weighted by atomic mass is 9.45. The van der Waals surface area contributed by atoms with Gasteiger partial charge in [0, 0.05) is 32.1 Å². The van der Waals surface area contributed by atoms with Crippen LogP contribution < -0.4 is 0 Å². The van der Waals surface area contributed by atoms with Gasteiger partial charge in [-0.15, -0.1) is 0 Å². The van der Waals surface area contributed by atoms with Crippen molar-refractivity contribution in [2.45, 2.75) is 85.4 Å². The number of hydrogen-bond donors (Lipinski definition) is 0. The SMILES string of the molecule is CC(=O)O[C@@H]1C[C@@H]2[C@H]([C@H](OC(C)=O)C[C@@]3(C)[C@@H]2CC[C@H]3C(C)=O)[C@@]2(C)CCC(=O)C=C12. The molecule has 170 valence electrons. The summed E-state index contributed by atoms with van der Waals surface area (Å²) in [7, 11) is 0. The van der Waals surface area contributed by atoms with Crippen molar-refractivity contribution in [1.29, 1.82) is 0 Å². The molecule has 0 spiro atoms. The number of carbonyl (C=O) groups excluding carboxylic acids is 4. The molecule has 0 N–H and O–H groups in total. The molecule has 0 aromatic heterocycles. The van der Waals surface area contributed by atoms with Gasteiger partial charge in [-0.3, -0.25) is 19.2 Å². The van der Waals surface area contributed by atoms with E-state index in [2.05, 4.69) is 13.8 Å². The Morgan fingerprint density at radius 3 is 2.32 bits per heavy atom. The molecule has 6 heteroatoms. The predicted octanol–water partition coefficient (Wildman–Crippen LogP) is 3.81. The number of ketones is 2. The quantitative estimate of drug-likeness (QED) is 0.633. The maximum Gasteiger partial charge on any atom is 0.303 e. The second-order valence-electron chi connectivity index (χ2n) is 10.7. The van der Waals surface area contributed by atoms with E-state index in [4.69, 9.17) is 9.47 Å². The van der Waals surface area contributed by atoms with Gasteiger partial charge >= 0.3 is 11.9 Å². The van der Waals surface area contributed by atoms with Gasteiger partial charge in [0.1, 0.15) is 18.0 Å². The molecule has 3 fully saturated rings. The number of hydrogen-bond acceptors (Lipinski definition) is 6. The van der Waals surface area contributed by atoms with Crippen molar-refractivity contribution in [3.63, 3.8) is 0 Å². The van der Waals surface area contributed by atoms with Gasteiger partial charge in [0.25, 0.3) is 0 Å². The molecule has 4 rings (SSSR count). The Morgan fingerprint density at radius 1 is 1.03 bits per heavy atom. The first-order valence-corrected chi connectivity index (χ1v) is 11.6. The Hall–Kier alpha value is -1.98. The van der Waals surface area contributed by atoms with Crippen LogP contribution in [0, 0.1) is 34.5 Å². The van der Waals surface area contributed by atoms with Gasteiger partial charge in [-0.1, -0.05) is 13.8 Å². The van der Waals surface area contributed by atoms with Crippen molar-refractivity contribution in [1.82, 2.24) is 0 Å². The van der Waals surface area contributed by atoms with Gasteiger partial charge in [-0.25, -0.2) is 0 Å². The smallest absolute Gasteiger partial charge is 0.303 e. The maximum absolute atomic E-state index is 12.5. The first kappa shape index (κ1) is 22.2. The highest BCUT2D eigenvalue weighted by atomic mass is 16.5. The van der Waals surface area contributed by atoms with E-state index in [1.165, 1.54) is 13.8 Å². The van der Waals surface area contributed by atoms with Crippen LogP contribution >= 0.6 is 0 Å². The van der Waals surface area contributed by atoms with Crippen LogP contribution in [0.1, 0.15) is 73.1 Å². The van der Waals surface area contributed by atoms with Crippen LogP contribution in [0.4, 0.5) is 0 Å². The van der Waals surface area contributed by atoms with Crippen LogP contribution in [0.3, 0.4) is 0 Å². The van der Waals surface area contributed by atoms with Crippen molar-refractivity contribution in [3.8, 4) is 0 Å². The molecule has 0 saturated heterocycles. The molecule has 0 unspecified atom stereocenters. The highest BCUT2D eigenvalue weighted by molar-refractivity contribution is 5.92. The molecule has 0 radical (unpaired) electrons. The lowest BCUT2D eigenvalue weighted by Gasteiger charge is -2.61. The van der Waals surface area contributed by atoms with Gasteiger partial charge in [-0.2, -0.15) is 0 Å². The molecule has 4 aliphatic rings. The largest absolute Gasteiger partial charge is 0.462 e. The molecule has 8 atom stereocenters. The van der Waals surface area contributed by atoms with Crippen LogP contribution in [-0.4, -0.2) is 35.7 Å². The van der Waals surface area contributed by atoms with E-state index in [0.29, 0.717) is 31.6 Å². The molecule has 3 saturated carbocycles. The molecule has 0 aromatic rings. The van der Waals surface area contributed by atoms with E-state index in [9.17, 15) is 19.2 Å². The molecule has 31 heavy (non-hydrogen) atoms. The zero-order valence-corrected chi connectivity index (χ0v) is 19.2. The number of carbonyl (C=O) groups is 4. The molecule has 0 aromatic carbocycles. The Morgan fingerprint density at radius 2 is 1.71 bits per heavy atom. The summed E-state index contributed by atoms with van der Waals surface area (Å²) in [4.78, 5) is 48.9. The standard InChI is InChI=1S/C25H34O6/c1-13(26)18-6-7-19-17-11-21(30-14(2)27)20-10-16(29)8-9-24(20,4)23(17)22(31-15(3)28)12-25(18,19)5/h10,17-19,21-23H,6-9,11-12H2,1-5H3/t17-,18-,19+,21+,22+,23+,24-,25+/m0/s1. The molecular formula is C25H34O6. The van der Waals surface area contributed by atoms with Crippen molar-refractivity contribution in [2.75, 3.05) is 0 Å². The Balaban J connectivity index is 1.83. The van der Waals surface area contributed by atoms with E-state index in [0.717, 1.165) is 18.4 Å². The van der Waals surface area contributed by atoms with Crippen LogP contribution in [0.5, 0.6) is 0 Å². The third-order valence-electron chi connectivity index (χ3n) is 8.98. The minimum absolute atomic E-state index is 0.0404. The van der Waals surface area contributed by atoms with Crippen molar-refractivity contribution >= 4 is 23.5 Å². The molecule has 6 nitrogen and oxygen atoms in total. The third-order valence-corrected chi connectivity index (χ3v) is 8.98. The average molecular weight is 431 g/mol. The first-order valence-electron chi connectivity index (χ1n) is 11.6. The topological polar surface area (TPSA) is 86.7 Å². The van der Waals surface area contributed by atoms with E-state index in [-0.39, 0.29) is 58.2 Å². The van der Waals surface area contributed by atoms with E-state index in [1.54, 1.807) is 13.0 Å². The molecule has 0 heterocycles. The van der Waals surface area contributed by atoms with E-state index >= 15 is 0 Å². The summed E-state index contributed by atoms with van der Waals surface area (Å²) < 4.78 is 11.7. The van der Waals surface area contributed by atoms with Gasteiger partial charge in [-0.05, 0) is 73.3 Å². The summed E-state index contributed by atoms with van der Waals surface area (Å²) in [5.74, 6) is 0.0592. The fourth-order valence-corrected chi connectivity index (χ4v) is 7.98. The van der Waals surface area contributed by atoms with E-state index in [1.807, 2.05) is 0 Å². The number of Topliss-reactive ketones (excluding diaryl/α,β-unsaturated/α-hetero) is 1. The summed E-state index contributed by atoms with van der Waals surface area (Å²) in [6.45, 7) is 8.84. The van der Waals surface area contributed by atoms with E-state index < -0.39 is 6.10 Å². The molecule has 4 aliphatic carbocycles. The highest BCUT2D eigenvalue weighted by Gasteiger charge is 2.65. The Kier molecular flexibility index (Phi) is 5.42. The number of ether oxygens (including phenoxy) is 2. The van der Waals surface area contributed by atoms with Crippen molar-refractivity contribution < 1.29 is 28.7 Å². The summed E-state index contributed by atoms with van der Waals surface area (Å²) >= 11 is 0. The highest BCUT2D eigenvalue weighted by Crippen LogP contribution is 2.67. The maximum atomic E-state index is 12.5. The second kappa shape index (κ2) is 7.56. The molecule has 0 amide bonds. The van der Waals surface area contributed by atoms with Crippen LogP contribution in [0.2, 0.25) is 0 Å². The fourth-order valence-electron chi connectivity index (χ4n) is 7.98. The third kappa shape index (κ3) is 3.46. The van der Waals surface area contributed by atoms with Gasteiger partial charge < -0.3 is 9.47 Å². The zero-order chi connectivity index (χ0) is 22.7. The minimum atomic E-state index is -0.440. The Labute approximate surface area is 184 Å². The van der Waals surface area contributed by atoms with Crippen molar-refractivity contribution in [3.05, 3.63) is 11.6 Å². The van der Waals surface area contributed by atoms with Crippen LogP contribution in [0.25, 0.3) is 0 Å². The Bertz CT molecular complexity index is 858. The van der Waals surface area contributed by atoms with Gasteiger partial charge in [0.15, 0.2) is 5.78 Å². The predicted molar refractivity (Wildman–Crippen MR) is 113 cm³/mol. The summed E-state index contributed by atoms with van der Waals surface area (Å²) in [6.07, 6.45) is 5.11.